The first-order valence-electron chi connectivity index (χ1n) is 4.54. The average Bonchev–Trinajstić information content (AvgIpc) is 2.65. The van der Waals surface area contributed by atoms with Gasteiger partial charge in [-0.2, -0.15) is 5.26 Å². The summed E-state index contributed by atoms with van der Waals surface area (Å²) in [6.07, 6.45) is 3.46. The van der Waals surface area contributed by atoms with Crippen LogP contribution in [-0.2, 0) is 6.54 Å². The second-order valence-electron chi connectivity index (χ2n) is 3.28. The summed E-state index contributed by atoms with van der Waals surface area (Å²) in [6, 6.07) is 9.54. The molecule has 2 N–H and O–H groups in total. The number of nitrogens with two attached hydrogens (primary N) is 1. The highest BCUT2D eigenvalue weighted by molar-refractivity contribution is 5.32. The predicted molar refractivity (Wildman–Crippen MR) is 56.9 cm³/mol. The van der Waals surface area contributed by atoms with E-state index in [4.69, 9.17) is 11.0 Å². The van der Waals surface area contributed by atoms with Gasteiger partial charge >= 0.3 is 0 Å². The van der Waals surface area contributed by atoms with Crippen LogP contribution in [0.3, 0.4) is 0 Å². The van der Waals surface area contributed by atoms with Crippen LogP contribution in [0.2, 0.25) is 0 Å². The number of anilines is 1. The molecule has 0 unspecified atom stereocenters. The Morgan fingerprint density at radius 1 is 1.33 bits per heavy atom. The van der Waals surface area contributed by atoms with E-state index in [1.165, 1.54) is 0 Å². The van der Waals surface area contributed by atoms with Crippen LogP contribution in [0.1, 0.15) is 11.1 Å². The molecule has 0 radical (unpaired) electrons. The minimum Gasteiger partial charge on any atom is -0.382 e. The van der Waals surface area contributed by atoms with Gasteiger partial charge in [0.15, 0.2) is 0 Å². The zero-order valence-electron chi connectivity index (χ0n) is 8.09. The van der Waals surface area contributed by atoms with Crippen LogP contribution in [0.4, 0.5) is 5.82 Å². The van der Waals surface area contributed by atoms with E-state index < -0.39 is 0 Å². The van der Waals surface area contributed by atoms with E-state index in [1.807, 2.05) is 16.7 Å². The third kappa shape index (κ3) is 2.15. The molecular weight excluding hydrogens is 188 g/mol. The third-order valence-corrected chi connectivity index (χ3v) is 2.10. The highest BCUT2D eigenvalue weighted by atomic mass is 15.1. The standard InChI is InChI=1S/C11H10N4/c12-5-9-1-3-10(4-2-9)6-15-7-11(13)14-8-15/h1-4,7-8H,6,13H2. The van der Waals surface area contributed by atoms with Crippen molar-refractivity contribution in [2.45, 2.75) is 6.54 Å². The van der Waals surface area contributed by atoms with Gasteiger partial charge in [-0.1, -0.05) is 12.1 Å². The molecule has 0 atom stereocenters. The van der Waals surface area contributed by atoms with Gasteiger partial charge in [0.1, 0.15) is 5.82 Å². The minimum absolute atomic E-state index is 0.517. The average molecular weight is 198 g/mol. The van der Waals surface area contributed by atoms with Gasteiger partial charge < -0.3 is 10.3 Å². The molecule has 4 heteroatoms. The van der Waals surface area contributed by atoms with Gasteiger partial charge in [0.05, 0.1) is 18.0 Å². The molecular formula is C11H10N4. The topological polar surface area (TPSA) is 67.6 Å². The fourth-order valence-corrected chi connectivity index (χ4v) is 1.36. The molecule has 15 heavy (non-hydrogen) atoms. The third-order valence-electron chi connectivity index (χ3n) is 2.10. The van der Waals surface area contributed by atoms with Gasteiger partial charge in [0.2, 0.25) is 0 Å². The molecule has 0 aliphatic heterocycles. The lowest BCUT2D eigenvalue weighted by atomic mass is 10.1. The number of hydrogen-bond acceptors (Lipinski definition) is 3. The van der Waals surface area contributed by atoms with Crippen LogP contribution in [-0.4, -0.2) is 9.55 Å². The molecule has 74 valence electrons. The number of rotatable bonds is 2. The molecule has 4 nitrogen and oxygen atoms in total. The van der Waals surface area contributed by atoms with Crippen LogP contribution < -0.4 is 5.73 Å². The van der Waals surface area contributed by atoms with Crippen molar-refractivity contribution in [3.63, 3.8) is 0 Å². The lowest BCUT2D eigenvalue weighted by molar-refractivity contribution is 0.797. The van der Waals surface area contributed by atoms with Gasteiger partial charge in [-0.25, -0.2) is 4.98 Å². The van der Waals surface area contributed by atoms with E-state index in [9.17, 15) is 0 Å². The van der Waals surface area contributed by atoms with Crippen molar-refractivity contribution in [3.8, 4) is 6.07 Å². The zero-order chi connectivity index (χ0) is 10.7. The number of benzene rings is 1. The van der Waals surface area contributed by atoms with Crippen molar-refractivity contribution in [1.82, 2.24) is 9.55 Å². The Balaban J connectivity index is 2.15. The molecule has 1 aromatic heterocycles. The van der Waals surface area contributed by atoms with Gasteiger partial charge in [-0.15, -0.1) is 0 Å². The van der Waals surface area contributed by atoms with E-state index in [-0.39, 0.29) is 0 Å². The molecule has 0 aliphatic rings. The minimum atomic E-state index is 0.517. The van der Waals surface area contributed by atoms with Crippen LogP contribution >= 0.6 is 0 Å². The Labute approximate surface area is 87.6 Å². The van der Waals surface area contributed by atoms with Crippen molar-refractivity contribution in [2.24, 2.45) is 0 Å². The predicted octanol–water partition coefficient (Wildman–Crippen LogP) is 1.39. The summed E-state index contributed by atoms with van der Waals surface area (Å²) in [4.78, 5) is 3.93. The molecule has 0 bridgehead atoms. The maximum Gasteiger partial charge on any atom is 0.141 e. The van der Waals surface area contributed by atoms with Crippen LogP contribution in [0, 0.1) is 11.3 Å². The molecule has 0 fully saturated rings. The molecule has 0 amide bonds. The molecule has 2 aromatic rings. The fraction of sp³-hybridized carbons (Fsp3) is 0.0909. The summed E-state index contributed by atoms with van der Waals surface area (Å²) in [7, 11) is 0. The molecule has 0 saturated heterocycles. The highest BCUT2D eigenvalue weighted by Crippen LogP contribution is 2.06. The number of hydrogen-bond donors (Lipinski definition) is 1. The Morgan fingerprint density at radius 2 is 2.07 bits per heavy atom. The SMILES string of the molecule is N#Cc1ccc(Cn2cnc(N)c2)cc1. The summed E-state index contributed by atoms with van der Waals surface area (Å²) < 4.78 is 1.90. The van der Waals surface area contributed by atoms with E-state index in [1.54, 1.807) is 24.7 Å². The number of nitriles is 1. The molecule has 1 aromatic carbocycles. The van der Waals surface area contributed by atoms with Crippen molar-refractivity contribution in [1.29, 1.82) is 5.26 Å². The zero-order valence-corrected chi connectivity index (χ0v) is 8.09. The second kappa shape index (κ2) is 3.84. The van der Waals surface area contributed by atoms with Crippen LogP contribution in [0.15, 0.2) is 36.8 Å². The number of aromatic nitrogens is 2. The maximum absolute atomic E-state index is 8.64. The molecule has 1 heterocycles. The van der Waals surface area contributed by atoms with Crippen molar-refractivity contribution in [3.05, 3.63) is 47.9 Å². The van der Waals surface area contributed by atoms with Gasteiger partial charge in [0, 0.05) is 12.7 Å². The van der Waals surface area contributed by atoms with E-state index >= 15 is 0 Å². The Bertz CT molecular complexity index is 490. The maximum atomic E-state index is 8.64. The first kappa shape index (κ1) is 9.28. The largest absolute Gasteiger partial charge is 0.382 e. The first-order chi connectivity index (χ1) is 7.28. The van der Waals surface area contributed by atoms with E-state index in [2.05, 4.69) is 11.1 Å². The van der Waals surface area contributed by atoms with Crippen molar-refractivity contribution in [2.75, 3.05) is 5.73 Å². The normalized spacial score (nSPS) is 9.80. The summed E-state index contributed by atoms with van der Waals surface area (Å²) in [6.45, 7) is 0.718. The Hall–Kier alpha value is -2.28. The Morgan fingerprint density at radius 3 is 2.60 bits per heavy atom. The lowest BCUT2D eigenvalue weighted by Gasteiger charge is -2.01. The first-order valence-corrected chi connectivity index (χ1v) is 4.54. The van der Waals surface area contributed by atoms with Crippen LogP contribution in [0.25, 0.3) is 0 Å². The summed E-state index contributed by atoms with van der Waals surface area (Å²) >= 11 is 0. The van der Waals surface area contributed by atoms with E-state index in [0.29, 0.717) is 11.4 Å². The highest BCUT2D eigenvalue weighted by Gasteiger charge is 1.97. The fourth-order valence-electron chi connectivity index (χ4n) is 1.36. The van der Waals surface area contributed by atoms with Crippen molar-refractivity contribution >= 4 is 5.82 Å². The molecule has 0 spiro atoms. The van der Waals surface area contributed by atoms with Crippen molar-refractivity contribution < 1.29 is 0 Å². The van der Waals surface area contributed by atoms with Crippen LogP contribution in [0.5, 0.6) is 0 Å². The molecule has 0 saturated carbocycles. The number of nitrogens with zero attached hydrogens (tertiary/aromatic N) is 3. The molecule has 2 rings (SSSR count). The lowest BCUT2D eigenvalue weighted by Crippen LogP contribution is -1.96. The van der Waals surface area contributed by atoms with Gasteiger partial charge in [-0.05, 0) is 17.7 Å². The van der Waals surface area contributed by atoms with E-state index in [0.717, 1.165) is 12.1 Å². The van der Waals surface area contributed by atoms with Gasteiger partial charge in [-0.3, -0.25) is 0 Å². The Kier molecular flexibility index (Phi) is 2.38. The quantitative estimate of drug-likeness (QED) is 0.792. The molecule has 0 aliphatic carbocycles. The second-order valence-corrected chi connectivity index (χ2v) is 3.28. The summed E-state index contributed by atoms with van der Waals surface area (Å²) in [5, 5.41) is 8.64. The monoisotopic (exact) mass is 198 g/mol. The smallest absolute Gasteiger partial charge is 0.141 e. The summed E-state index contributed by atoms with van der Waals surface area (Å²) in [5.41, 5.74) is 7.29. The number of nitrogen functional groups attached to an aromatic ring is 1. The van der Waals surface area contributed by atoms with Gasteiger partial charge in [0.25, 0.3) is 0 Å². The summed E-state index contributed by atoms with van der Waals surface area (Å²) in [5.74, 6) is 0.517. The number of imidazole rings is 1.